The zero-order valence-electron chi connectivity index (χ0n) is 14.5. The van der Waals surface area contributed by atoms with Crippen LogP contribution >= 0.6 is 0 Å². The van der Waals surface area contributed by atoms with Gasteiger partial charge in [0, 0.05) is 23.8 Å². The molecule has 26 heavy (non-hydrogen) atoms. The van der Waals surface area contributed by atoms with Crippen LogP contribution in [0.1, 0.15) is 25.3 Å². The van der Waals surface area contributed by atoms with Crippen LogP contribution in [0, 0.1) is 0 Å². The molecule has 2 aliphatic rings. The van der Waals surface area contributed by atoms with Crippen molar-refractivity contribution in [2.24, 2.45) is 0 Å². The number of hydrogen-bond donors (Lipinski definition) is 1. The summed E-state index contributed by atoms with van der Waals surface area (Å²) in [5, 5.41) is 2.88. The number of anilines is 2. The topological polar surface area (TPSA) is 67.9 Å². The van der Waals surface area contributed by atoms with Gasteiger partial charge in [-0.25, -0.2) is 0 Å². The van der Waals surface area contributed by atoms with E-state index in [4.69, 9.17) is 9.47 Å². The molecule has 134 valence electrons. The zero-order valence-corrected chi connectivity index (χ0v) is 14.5. The van der Waals surface area contributed by atoms with Gasteiger partial charge in [-0.2, -0.15) is 0 Å². The lowest BCUT2D eigenvalue weighted by Gasteiger charge is -2.22. The molecule has 1 fully saturated rings. The largest absolute Gasteiger partial charge is 0.454 e. The lowest BCUT2D eigenvalue weighted by Crippen LogP contribution is -2.30. The third kappa shape index (κ3) is 3.22. The van der Waals surface area contributed by atoms with Crippen molar-refractivity contribution in [1.82, 2.24) is 0 Å². The number of fused-ring (bicyclic) bond motifs is 1. The quantitative estimate of drug-likeness (QED) is 0.918. The molecule has 2 aliphatic heterocycles. The van der Waals surface area contributed by atoms with Crippen LogP contribution in [0.25, 0.3) is 0 Å². The van der Waals surface area contributed by atoms with E-state index in [1.165, 1.54) is 0 Å². The summed E-state index contributed by atoms with van der Waals surface area (Å²) in [6, 6.07) is 13.1. The first-order valence-corrected chi connectivity index (χ1v) is 8.70. The summed E-state index contributed by atoms with van der Waals surface area (Å²) in [6.07, 6.45) is 1.72. The highest BCUT2D eigenvalue weighted by Gasteiger charge is 2.28. The van der Waals surface area contributed by atoms with Crippen LogP contribution in [-0.2, 0) is 16.0 Å². The van der Waals surface area contributed by atoms with Crippen molar-refractivity contribution in [2.75, 3.05) is 17.0 Å². The first-order valence-electron chi connectivity index (χ1n) is 8.70. The average Bonchev–Trinajstić information content (AvgIpc) is 3.22. The number of nitrogens with one attached hydrogen (secondary N) is 1. The lowest BCUT2D eigenvalue weighted by molar-refractivity contribution is -0.117. The van der Waals surface area contributed by atoms with Gasteiger partial charge in [0.05, 0.1) is 6.42 Å². The zero-order chi connectivity index (χ0) is 18.1. The molecule has 2 aromatic rings. The second-order valence-electron chi connectivity index (χ2n) is 6.61. The van der Waals surface area contributed by atoms with Crippen molar-refractivity contribution >= 4 is 23.2 Å². The predicted molar refractivity (Wildman–Crippen MR) is 97.5 cm³/mol. The SMILES string of the molecule is CC1CCC(=O)N1c1ccc(NC(=O)Cc2ccc3c(c2)OCO3)cc1. The van der Waals surface area contributed by atoms with Gasteiger partial charge in [-0.15, -0.1) is 0 Å². The molecule has 0 bridgehead atoms. The first-order chi connectivity index (χ1) is 12.6. The molecule has 0 aromatic heterocycles. The number of carbonyl (C=O) groups is 2. The van der Waals surface area contributed by atoms with E-state index in [1.807, 2.05) is 54.3 Å². The fourth-order valence-corrected chi connectivity index (χ4v) is 3.37. The molecular weight excluding hydrogens is 332 g/mol. The maximum atomic E-state index is 12.3. The molecule has 1 atom stereocenters. The van der Waals surface area contributed by atoms with Crippen molar-refractivity contribution in [3.05, 3.63) is 48.0 Å². The van der Waals surface area contributed by atoms with Gasteiger partial charge in [-0.05, 0) is 55.3 Å². The Hall–Kier alpha value is -3.02. The summed E-state index contributed by atoms with van der Waals surface area (Å²) in [5.41, 5.74) is 2.44. The van der Waals surface area contributed by atoms with Gasteiger partial charge in [-0.3, -0.25) is 9.59 Å². The standard InChI is InChI=1S/C20H20N2O4/c1-13-2-9-20(24)22(13)16-6-4-15(5-7-16)21-19(23)11-14-3-8-17-18(10-14)26-12-25-17/h3-8,10,13H,2,9,11-12H2,1H3,(H,21,23). The number of amides is 2. The fraction of sp³-hybridized carbons (Fsp3) is 0.300. The van der Waals surface area contributed by atoms with Crippen molar-refractivity contribution in [1.29, 1.82) is 0 Å². The molecule has 0 radical (unpaired) electrons. The maximum Gasteiger partial charge on any atom is 0.231 e. The number of carbonyl (C=O) groups excluding carboxylic acids is 2. The van der Waals surface area contributed by atoms with Gasteiger partial charge in [0.2, 0.25) is 18.6 Å². The Balaban J connectivity index is 1.39. The minimum atomic E-state index is -0.109. The number of rotatable bonds is 4. The van der Waals surface area contributed by atoms with E-state index in [1.54, 1.807) is 0 Å². The van der Waals surface area contributed by atoms with Crippen LogP contribution in [0.4, 0.5) is 11.4 Å². The summed E-state index contributed by atoms with van der Waals surface area (Å²) in [7, 11) is 0. The highest BCUT2D eigenvalue weighted by atomic mass is 16.7. The molecule has 2 aromatic carbocycles. The smallest absolute Gasteiger partial charge is 0.231 e. The van der Waals surface area contributed by atoms with Gasteiger partial charge in [0.15, 0.2) is 11.5 Å². The molecule has 4 rings (SSSR count). The molecule has 0 spiro atoms. The Morgan fingerprint density at radius 3 is 2.65 bits per heavy atom. The van der Waals surface area contributed by atoms with Gasteiger partial charge in [0.25, 0.3) is 0 Å². The molecule has 1 saturated heterocycles. The Bertz CT molecular complexity index is 847. The predicted octanol–water partition coefficient (Wildman–Crippen LogP) is 3.11. The van der Waals surface area contributed by atoms with Crippen LogP contribution in [-0.4, -0.2) is 24.6 Å². The van der Waals surface area contributed by atoms with Gasteiger partial charge >= 0.3 is 0 Å². The third-order valence-electron chi connectivity index (χ3n) is 4.72. The van der Waals surface area contributed by atoms with Crippen molar-refractivity contribution < 1.29 is 19.1 Å². The van der Waals surface area contributed by atoms with Crippen LogP contribution in [0.2, 0.25) is 0 Å². The normalized spacial score (nSPS) is 18.3. The van der Waals surface area contributed by atoms with E-state index in [9.17, 15) is 9.59 Å². The number of benzene rings is 2. The molecule has 2 heterocycles. The Labute approximate surface area is 151 Å². The highest BCUT2D eigenvalue weighted by Crippen LogP contribution is 2.32. The molecule has 0 saturated carbocycles. The van der Waals surface area contributed by atoms with Crippen LogP contribution in [0.5, 0.6) is 11.5 Å². The van der Waals surface area contributed by atoms with E-state index >= 15 is 0 Å². The molecule has 1 unspecified atom stereocenters. The van der Waals surface area contributed by atoms with Crippen LogP contribution in [0.3, 0.4) is 0 Å². The van der Waals surface area contributed by atoms with E-state index in [0.29, 0.717) is 23.6 Å². The second kappa shape index (κ2) is 6.71. The van der Waals surface area contributed by atoms with Crippen LogP contribution in [0.15, 0.2) is 42.5 Å². The summed E-state index contributed by atoms with van der Waals surface area (Å²) < 4.78 is 10.6. The summed E-state index contributed by atoms with van der Waals surface area (Å²) in [5.74, 6) is 1.42. The minimum Gasteiger partial charge on any atom is -0.454 e. The van der Waals surface area contributed by atoms with E-state index in [2.05, 4.69) is 5.32 Å². The average molecular weight is 352 g/mol. The molecule has 0 aliphatic carbocycles. The third-order valence-corrected chi connectivity index (χ3v) is 4.72. The van der Waals surface area contributed by atoms with E-state index in [0.717, 1.165) is 17.7 Å². The fourth-order valence-electron chi connectivity index (χ4n) is 3.37. The Morgan fingerprint density at radius 2 is 1.92 bits per heavy atom. The molecule has 2 amide bonds. The molecule has 6 nitrogen and oxygen atoms in total. The van der Waals surface area contributed by atoms with Gasteiger partial charge < -0.3 is 19.7 Å². The number of ether oxygens (including phenoxy) is 2. The van der Waals surface area contributed by atoms with Crippen molar-refractivity contribution in [2.45, 2.75) is 32.2 Å². The number of hydrogen-bond acceptors (Lipinski definition) is 4. The van der Waals surface area contributed by atoms with Crippen LogP contribution < -0.4 is 19.7 Å². The summed E-state index contributed by atoms with van der Waals surface area (Å²) in [4.78, 5) is 26.1. The van der Waals surface area contributed by atoms with E-state index < -0.39 is 0 Å². The van der Waals surface area contributed by atoms with Crippen molar-refractivity contribution in [3.8, 4) is 11.5 Å². The van der Waals surface area contributed by atoms with Crippen molar-refractivity contribution in [3.63, 3.8) is 0 Å². The number of nitrogens with zero attached hydrogens (tertiary/aromatic N) is 1. The molecular formula is C20H20N2O4. The molecule has 6 heteroatoms. The van der Waals surface area contributed by atoms with E-state index in [-0.39, 0.29) is 31.1 Å². The Morgan fingerprint density at radius 1 is 1.15 bits per heavy atom. The molecule has 1 N–H and O–H groups in total. The van der Waals surface area contributed by atoms with Gasteiger partial charge in [0.1, 0.15) is 0 Å². The Kier molecular flexibility index (Phi) is 4.24. The highest BCUT2D eigenvalue weighted by molar-refractivity contribution is 5.97. The maximum absolute atomic E-state index is 12.3. The minimum absolute atomic E-state index is 0.109. The summed E-state index contributed by atoms with van der Waals surface area (Å²) >= 11 is 0. The first kappa shape index (κ1) is 16.4. The summed E-state index contributed by atoms with van der Waals surface area (Å²) in [6.45, 7) is 2.27. The lowest BCUT2D eigenvalue weighted by atomic mass is 10.1. The van der Waals surface area contributed by atoms with Gasteiger partial charge in [-0.1, -0.05) is 6.07 Å². The monoisotopic (exact) mass is 352 g/mol. The second-order valence-corrected chi connectivity index (χ2v) is 6.61.